The molecule has 3 amide bonds. The zero-order chi connectivity index (χ0) is 22.9. The summed E-state index contributed by atoms with van der Waals surface area (Å²) in [5, 5.41) is 2.83. The number of carbonyl (C=O) groups is 3. The highest BCUT2D eigenvalue weighted by atomic mass is 16.5. The Balaban J connectivity index is 1.41. The Kier molecular flexibility index (Phi) is 7.91. The van der Waals surface area contributed by atoms with Crippen molar-refractivity contribution in [3.63, 3.8) is 0 Å². The predicted molar refractivity (Wildman–Crippen MR) is 118 cm³/mol. The summed E-state index contributed by atoms with van der Waals surface area (Å²) in [5.41, 5.74) is 1.41. The van der Waals surface area contributed by atoms with Crippen LogP contribution in [0.1, 0.15) is 5.56 Å². The number of nitrogens with zero attached hydrogens (tertiary/aromatic N) is 2. The summed E-state index contributed by atoms with van der Waals surface area (Å²) in [5.74, 6) is 0.291. The molecule has 0 atom stereocenters. The highest BCUT2D eigenvalue weighted by Crippen LogP contribution is 2.27. The van der Waals surface area contributed by atoms with Gasteiger partial charge in [-0.2, -0.15) is 0 Å². The number of carbonyl (C=O) groups excluding carboxylic acids is 3. The van der Waals surface area contributed by atoms with Gasteiger partial charge < -0.3 is 29.3 Å². The van der Waals surface area contributed by atoms with Crippen molar-refractivity contribution in [2.75, 3.05) is 52.3 Å². The largest absolute Gasteiger partial charge is 0.493 e. The van der Waals surface area contributed by atoms with Crippen molar-refractivity contribution < 1.29 is 28.6 Å². The zero-order valence-corrected chi connectivity index (χ0v) is 18.2. The van der Waals surface area contributed by atoms with E-state index in [2.05, 4.69) is 5.32 Å². The van der Waals surface area contributed by atoms with Gasteiger partial charge in [-0.15, -0.1) is 0 Å². The van der Waals surface area contributed by atoms with Crippen molar-refractivity contribution >= 4 is 23.6 Å². The van der Waals surface area contributed by atoms with Crippen LogP contribution in [-0.2, 0) is 20.7 Å². The Morgan fingerprint density at radius 1 is 0.875 bits per heavy atom. The van der Waals surface area contributed by atoms with E-state index < -0.39 is 5.97 Å². The quantitative estimate of drug-likeness (QED) is 0.662. The van der Waals surface area contributed by atoms with E-state index in [1.807, 2.05) is 30.3 Å². The van der Waals surface area contributed by atoms with Gasteiger partial charge in [-0.3, -0.25) is 9.59 Å². The monoisotopic (exact) mass is 441 g/mol. The van der Waals surface area contributed by atoms with Crippen molar-refractivity contribution in [1.82, 2.24) is 9.80 Å². The van der Waals surface area contributed by atoms with E-state index >= 15 is 0 Å². The first-order chi connectivity index (χ1) is 15.5. The zero-order valence-electron chi connectivity index (χ0n) is 18.2. The summed E-state index contributed by atoms with van der Waals surface area (Å²) in [6.45, 7) is 1.25. The van der Waals surface area contributed by atoms with Gasteiger partial charge in [0.15, 0.2) is 18.1 Å². The van der Waals surface area contributed by atoms with E-state index in [0.717, 1.165) is 5.69 Å². The Hall–Kier alpha value is -3.75. The topological polar surface area (TPSA) is 97.4 Å². The molecular formula is C23H27N3O6. The molecule has 0 bridgehead atoms. The van der Waals surface area contributed by atoms with Gasteiger partial charge in [0.25, 0.3) is 5.91 Å². The Labute approximate surface area is 186 Å². The van der Waals surface area contributed by atoms with E-state index in [0.29, 0.717) is 43.2 Å². The molecule has 3 rings (SSSR count). The first kappa shape index (κ1) is 22.9. The third-order valence-electron chi connectivity index (χ3n) is 5.10. The van der Waals surface area contributed by atoms with E-state index in [1.54, 1.807) is 28.0 Å². The first-order valence-electron chi connectivity index (χ1n) is 10.3. The number of hydrogen-bond donors (Lipinski definition) is 1. The molecule has 0 unspecified atom stereocenters. The lowest BCUT2D eigenvalue weighted by molar-refractivity contribution is -0.152. The number of esters is 1. The molecule has 2 aromatic rings. The molecule has 2 aromatic carbocycles. The van der Waals surface area contributed by atoms with Crippen molar-refractivity contribution in [1.29, 1.82) is 0 Å². The second-order valence-corrected chi connectivity index (χ2v) is 7.19. The van der Waals surface area contributed by atoms with Crippen molar-refractivity contribution in [3.05, 3.63) is 54.1 Å². The molecule has 1 fully saturated rings. The fourth-order valence-electron chi connectivity index (χ4n) is 3.32. The van der Waals surface area contributed by atoms with E-state index in [-0.39, 0.29) is 25.0 Å². The molecule has 32 heavy (non-hydrogen) atoms. The summed E-state index contributed by atoms with van der Waals surface area (Å²) < 4.78 is 15.5. The van der Waals surface area contributed by atoms with Gasteiger partial charge >= 0.3 is 12.0 Å². The minimum Gasteiger partial charge on any atom is -0.493 e. The third kappa shape index (κ3) is 6.13. The van der Waals surface area contributed by atoms with Crippen LogP contribution in [-0.4, -0.2) is 74.7 Å². The summed E-state index contributed by atoms with van der Waals surface area (Å²) in [6, 6.07) is 14.1. The van der Waals surface area contributed by atoms with Gasteiger partial charge in [0, 0.05) is 31.9 Å². The molecule has 0 saturated carbocycles. The number of urea groups is 1. The van der Waals surface area contributed by atoms with Crippen LogP contribution in [0, 0.1) is 0 Å². The van der Waals surface area contributed by atoms with E-state index in [4.69, 9.17) is 14.2 Å². The average Bonchev–Trinajstić information content (AvgIpc) is 2.83. The van der Waals surface area contributed by atoms with Gasteiger partial charge in [-0.05, 0) is 29.8 Å². The number of para-hydroxylation sites is 1. The normalized spacial score (nSPS) is 13.3. The standard InChI is InChI=1S/C23H27N3O6/c1-30-19-9-8-17(14-20(19)31-2)15-22(28)32-16-21(27)25-10-12-26(13-11-25)23(29)24-18-6-4-3-5-7-18/h3-9,14H,10-13,15-16H2,1-2H3,(H,24,29). The smallest absolute Gasteiger partial charge is 0.321 e. The van der Waals surface area contributed by atoms with E-state index in [9.17, 15) is 14.4 Å². The van der Waals surface area contributed by atoms with Crippen LogP contribution < -0.4 is 14.8 Å². The van der Waals surface area contributed by atoms with E-state index in [1.165, 1.54) is 14.2 Å². The van der Waals surface area contributed by atoms with Crippen molar-refractivity contribution in [2.45, 2.75) is 6.42 Å². The SMILES string of the molecule is COc1ccc(CC(=O)OCC(=O)N2CCN(C(=O)Nc3ccccc3)CC2)cc1OC. The third-order valence-corrected chi connectivity index (χ3v) is 5.10. The summed E-state index contributed by atoms with van der Waals surface area (Å²) in [6.07, 6.45) is 0.0149. The van der Waals surface area contributed by atoms with Crippen LogP contribution in [0.15, 0.2) is 48.5 Å². The lowest BCUT2D eigenvalue weighted by Gasteiger charge is -2.34. The maximum Gasteiger partial charge on any atom is 0.321 e. The van der Waals surface area contributed by atoms with Crippen molar-refractivity contribution in [2.24, 2.45) is 0 Å². The number of amides is 3. The number of methoxy groups -OCH3 is 2. The predicted octanol–water partition coefficient (Wildman–Crippen LogP) is 2.17. The molecule has 0 aliphatic carbocycles. The minimum absolute atomic E-state index is 0.0149. The average molecular weight is 441 g/mol. The molecule has 1 heterocycles. The molecular weight excluding hydrogens is 414 g/mol. The maximum absolute atomic E-state index is 12.4. The van der Waals surface area contributed by atoms with Gasteiger partial charge in [-0.1, -0.05) is 24.3 Å². The van der Waals surface area contributed by atoms with Gasteiger partial charge in [0.2, 0.25) is 0 Å². The van der Waals surface area contributed by atoms with Crippen LogP contribution in [0.2, 0.25) is 0 Å². The fraction of sp³-hybridized carbons (Fsp3) is 0.348. The molecule has 0 radical (unpaired) electrons. The molecule has 1 aliphatic rings. The summed E-state index contributed by atoms with van der Waals surface area (Å²) in [7, 11) is 3.05. The maximum atomic E-state index is 12.4. The van der Waals surface area contributed by atoms with Crippen LogP contribution in [0.5, 0.6) is 11.5 Å². The molecule has 0 aromatic heterocycles. The molecule has 0 spiro atoms. The van der Waals surface area contributed by atoms with Crippen LogP contribution in [0.4, 0.5) is 10.5 Å². The number of ether oxygens (including phenoxy) is 3. The molecule has 9 heteroatoms. The molecule has 170 valence electrons. The number of nitrogens with one attached hydrogen (secondary N) is 1. The second-order valence-electron chi connectivity index (χ2n) is 7.19. The second kappa shape index (κ2) is 11.0. The molecule has 1 saturated heterocycles. The van der Waals surface area contributed by atoms with Crippen LogP contribution in [0.25, 0.3) is 0 Å². The van der Waals surface area contributed by atoms with Gasteiger partial charge in [-0.25, -0.2) is 4.79 Å². The number of anilines is 1. The van der Waals surface area contributed by atoms with Crippen LogP contribution in [0.3, 0.4) is 0 Å². The molecule has 9 nitrogen and oxygen atoms in total. The van der Waals surface area contributed by atoms with Crippen LogP contribution >= 0.6 is 0 Å². The van der Waals surface area contributed by atoms with Gasteiger partial charge in [0.05, 0.1) is 20.6 Å². The highest BCUT2D eigenvalue weighted by Gasteiger charge is 2.25. The lowest BCUT2D eigenvalue weighted by atomic mass is 10.1. The Morgan fingerprint density at radius 3 is 2.19 bits per heavy atom. The lowest BCUT2D eigenvalue weighted by Crippen LogP contribution is -2.52. The summed E-state index contributed by atoms with van der Waals surface area (Å²) >= 11 is 0. The fourth-order valence-corrected chi connectivity index (χ4v) is 3.32. The number of rotatable bonds is 7. The van der Waals surface area contributed by atoms with Gasteiger partial charge in [0.1, 0.15) is 0 Å². The number of benzene rings is 2. The highest BCUT2D eigenvalue weighted by molar-refractivity contribution is 5.89. The van der Waals surface area contributed by atoms with Crippen molar-refractivity contribution in [3.8, 4) is 11.5 Å². The first-order valence-corrected chi connectivity index (χ1v) is 10.3. The molecule has 1 aliphatic heterocycles. The Morgan fingerprint density at radius 2 is 1.53 bits per heavy atom. The minimum atomic E-state index is -0.508. The number of piperazine rings is 1. The number of hydrogen-bond acceptors (Lipinski definition) is 6. The Bertz CT molecular complexity index is 942. The molecule has 1 N–H and O–H groups in total. The summed E-state index contributed by atoms with van der Waals surface area (Å²) in [4.78, 5) is 40.1.